The van der Waals surface area contributed by atoms with Gasteiger partial charge < -0.3 is 43.3 Å². The number of rotatable bonds is 7. The molecule has 3 aliphatic heterocycles. The van der Waals surface area contributed by atoms with E-state index < -0.39 is 71.8 Å². The van der Waals surface area contributed by atoms with Gasteiger partial charge in [0.15, 0.2) is 5.72 Å². The highest BCUT2D eigenvalue weighted by atomic mass is 35.5. The van der Waals surface area contributed by atoms with Crippen LogP contribution in [0, 0.1) is 11.8 Å². The molecule has 0 aliphatic carbocycles. The van der Waals surface area contributed by atoms with Gasteiger partial charge in [-0.3, -0.25) is 14.9 Å². The van der Waals surface area contributed by atoms with E-state index in [1.165, 1.54) is 38.2 Å². The first kappa shape index (κ1) is 41.1. The Bertz CT molecular complexity index is 1600. The summed E-state index contributed by atoms with van der Waals surface area (Å²) in [5.41, 5.74) is -1.39. The number of epoxide rings is 1. The molecular weight excluding hydrogens is 698 g/mol. The molecule has 3 amide bonds. The number of fused-ring (bicyclic) bond motifs is 5. The van der Waals surface area contributed by atoms with Crippen LogP contribution in [-0.2, 0) is 38.1 Å². The van der Waals surface area contributed by atoms with Crippen LogP contribution in [0.25, 0.3) is 0 Å². The van der Waals surface area contributed by atoms with Crippen LogP contribution in [0.15, 0.2) is 35.9 Å². The van der Waals surface area contributed by atoms with Crippen molar-refractivity contribution in [1.29, 1.82) is 0 Å². The van der Waals surface area contributed by atoms with Crippen molar-refractivity contribution in [3.63, 3.8) is 0 Å². The lowest BCUT2D eigenvalue weighted by molar-refractivity contribution is -0.162. The molecule has 9 atom stereocenters. The van der Waals surface area contributed by atoms with Gasteiger partial charge in [0.05, 0.1) is 25.3 Å². The number of ether oxygens (including phenoxy) is 6. The summed E-state index contributed by atoms with van der Waals surface area (Å²) < 4.78 is 35.1. The van der Waals surface area contributed by atoms with Crippen molar-refractivity contribution in [2.24, 2.45) is 11.8 Å². The zero-order valence-corrected chi connectivity index (χ0v) is 32.5. The van der Waals surface area contributed by atoms with E-state index >= 15 is 0 Å². The van der Waals surface area contributed by atoms with Gasteiger partial charge >= 0.3 is 12.1 Å². The maximum absolute atomic E-state index is 14.2. The largest absolute Gasteiger partial charge is 0.495 e. The van der Waals surface area contributed by atoms with Gasteiger partial charge in [-0.05, 0) is 44.0 Å². The minimum absolute atomic E-state index is 0.0719. The number of carbonyl (C=O) groups excluding carboxylic acids is 4. The van der Waals surface area contributed by atoms with Crippen LogP contribution in [0.5, 0.6) is 5.75 Å². The molecule has 4 bridgehead atoms. The van der Waals surface area contributed by atoms with Gasteiger partial charge in [0, 0.05) is 46.6 Å². The molecule has 3 heterocycles. The van der Waals surface area contributed by atoms with Gasteiger partial charge in [-0.2, -0.15) is 0 Å². The molecule has 4 rings (SSSR count). The number of hydrogen-bond donors (Lipinski definition) is 2. The average Bonchev–Trinajstić information content (AvgIpc) is 3.79. The molecule has 3 aliphatic rings. The normalized spacial score (nSPS) is 32.1. The van der Waals surface area contributed by atoms with E-state index in [4.69, 9.17) is 40.0 Å². The molecule has 0 saturated carbocycles. The summed E-state index contributed by atoms with van der Waals surface area (Å²) in [6, 6.07) is 2.46. The Labute approximate surface area is 310 Å². The number of methoxy groups -OCH3 is 3. The van der Waals surface area contributed by atoms with E-state index in [0.29, 0.717) is 17.0 Å². The second-order valence-corrected chi connectivity index (χ2v) is 14.6. The van der Waals surface area contributed by atoms with Crippen molar-refractivity contribution in [3.8, 4) is 5.75 Å². The molecule has 2 saturated heterocycles. The van der Waals surface area contributed by atoms with Crippen molar-refractivity contribution < 1.29 is 52.7 Å². The smallest absolute Gasteiger partial charge is 0.409 e. The first-order chi connectivity index (χ1) is 24.3. The number of anilines is 1. The summed E-state index contributed by atoms with van der Waals surface area (Å²) in [5.74, 6) is -2.05. The Morgan fingerprint density at radius 2 is 1.83 bits per heavy atom. The Morgan fingerprint density at radius 3 is 2.42 bits per heavy atom. The predicted octanol–water partition coefficient (Wildman–Crippen LogP) is 4.32. The Balaban J connectivity index is 1.83. The van der Waals surface area contributed by atoms with E-state index in [2.05, 4.69) is 5.32 Å². The number of alkyl carbamates (subject to hydrolysis) is 1. The highest BCUT2D eigenvalue weighted by Gasteiger charge is 2.64. The topological polar surface area (TPSA) is 166 Å². The maximum atomic E-state index is 14.2. The molecular formula is C37H52ClN3O11. The molecule has 14 nitrogen and oxygen atoms in total. The summed E-state index contributed by atoms with van der Waals surface area (Å²) in [4.78, 5) is 56.1. The molecule has 2 fully saturated rings. The number of aliphatic hydroxyl groups is 1. The van der Waals surface area contributed by atoms with E-state index in [9.17, 15) is 24.3 Å². The number of nitrogens with zero attached hydrogens (tertiary/aromatic N) is 2. The van der Waals surface area contributed by atoms with E-state index in [0.717, 1.165) is 5.57 Å². The van der Waals surface area contributed by atoms with Crippen molar-refractivity contribution >= 4 is 41.2 Å². The third kappa shape index (κ3) is 8.26. The number of benzene rings is 1. The van der Waals surface area contributed by atoms with Crippen LogP contribution in [-0.4, -0.2) is 111 Å². The quantitative estimate of drug-likeness (QED) is 0.301. The zero-order valence-electron chi connectivity index (χ0n) is 31.7. The fraction of sp³-hybridized carbons (Fsp3) is 0.622. The van der Waals surface area contributed by atoms with Gasteiger partial charge in [-0.25, -0.2) is 9.59 Å². The monoisotopic (exact) mass is 749 g/mol. The average molecular weight is 750 g/mol. The minimum Gasteiger partial charge on any atom is -0.495 e. The third-order valence-electron chi connectivity index (χ3n) is 10.4. The third-order valence-corrected chi connectivity index (χ3v) is 10.8. The maximum Gasteiger partial charge on any atom is 0.409 e. The molecule has 0 spiro atoms. The summed E-state index contributed by atoms with van der Waals surface area (Å²) in [7, 11) is 7.48. The first-order valence-electron chi connectivity index (χ1n) is 17.2. The lowest BCUT2D eigenvalue weighted by atomic mass is 9.83. The molecule has 1 aromatic carbocycles. The fourth-order valence-corrected chi connectivity index (χ4v) is 7.21. The van der Waals surface area contributed by atoms with Crippen molar-refractivity contribution in [2.45, 2.75) is 102 Å². The molecule has 9 unspecified atom stereocenters. The number of halogens is 1. The molecule has 1 aromatic rings. The van der Waals surface area contributed by atoms with Crippen LogP contribution >= 0.6 is 11.6 Å². The molecule has 52 heavy (non-hydrogen) atoms. The first-order valence-corrected chi connectivity index (χ1v) is 17.6. The number of allylic oxidation sites excluding steroid dienone is 2. The predicted molar refractivity (Wildman–Crippen MR) is 192 cm³/mol. The van der Waals surface area contributed by atoms with E-state index in [1.54, 1.807) is 72.0 Å². The van der Waals surface area contributed by atoms with E-state index in [1.807, 2.05) is 6.92 Å². The van der Waals surface area contributed by atoms with Crippen molar-refractivity contribution in [3.05, 3.63) is 46.5 Å². The number of nitrogens with one attached hydrogen (secondary N) is 1. The summed E-state index contributed by atoms with van der Waals surface area (Å²) >= 11 is 6.79. The van der Waals surface area contributed by atoms with Crippen LogP contribution in [0.3, 0.4) is 0 Å². The van der Waals surface area contributed by atoms with E-state index in [-0.39, 0.29) is 29.7 Å². The van der Waals surface area contributed by atoms with Crippen LogP contribution in [0.2, 0.25) is 5.02 Å². The number of carbonyl (C=O) groups is 4. The second kappa shape index (κ2) is 16.1. The van der Waals surface area contributed by atoms with Gasteiger partial charge in [-0.1, -0.05) is 50.6 Å². The van der Waals surface area contributed by atoms with Crippen LogP contribution in [0.1, 0.15) is 66.1 Å². The summed E-state index contributed by atoms with van der Waals surface area (Å²) in [5, 5.41) is 14.4. The highest BCUT2D eigenvalue weighted by molar-refractivity contribution is 6.35. The summed E-state index contributed by atoms with van der Waals surface area (Å²) in [6.07, 6.45) is -0.443. The van der Waals surface area contributed by atoms with Gasteiger partial charge in [0.25, 0.3) is 0 Å². The lowest BCUT2D eigenvalue weighted by Gasteiger charge is -2.42. The Kier molecular flexibility index (Phi) is 12.7. The molecule has 15 heteroatoms. The SMILES string of the molecule is COc1cc2cc(c1Cl)N(C)C(=O)CC(OC(=O)C(C)N(C)C(=O)C(C)C)C1(C)OC1C(C)C1CC(O)(NC(=O)O1)C(OC)/C=C/C=C(C)C2OC. The lowest BCUT2D eigenvalue weighted by Crippen LogP contribution is -2.63. The van der Waals surface area contributed by atoms with Crippen LogP contribution in [0.4, 0.5) is 10.5 Å². The second-order valence-electron chi connectivity index (χ2n) is 14.3. The Hall–Kier alpha value is -3.69. The molecule has 0 aromatic heterocycles. The number of amides is 3. The molecule has 0 radical (unpaired) electrons. The zero-order chi connectivity index (χ0) is 38.9. The number of esters is 1. The minimum atomic E-state index is -1.86. The number of likely N-dealkylation sites (N-methyl/N-ethyl adjacent to an activating group) is 1. The Morgan fingerprint density at radius 1 is 1.15 bits per heavy atom. The molecule has 288 valence electrons. The van der Waals surface area contributed by atoms with Gasteiger partial charge in [0.2, 0.25) is 11.8 Å². The van der Waals surface area contributed by atoms with Crippen LogP contribution < -0.4 is 15.0 Å². The van der Waals surface area contributed by atoms with Crippen molar-refractivity contribution in [2.75, 3.05) is 40.3 Å². The number of hydrogen-bond acceptors (Lipinski definition) is 11. The van der Waals surface area contributed by atoms with Gasteiger partial charge in [0.1, 0.15) is 46.8 Å². The standard InChI is InChI=1S/C37H52ClN3O11/c1-19(2)33(43)40(7)22(5)34(44)51-28-17-29(42)41(8)24-15-23(16-25(47-9)30(24)38)31(49-11)20(3)13-12-14-27(48-10)37(46)18-26(50-35(45)39-37)21(4)32-36(28,6)52-32/h12-16,19,21-22,26-28,31-32,46H,17-18H2,1-11H3,(H,39,45)/b14-12+,20-13?. The summed E-state index contributed by atoms with van der Waals surface area (Å²) in [6.45, 7) is 10.3. The molecule has 2 N–H and O–H groups in total. The van der Waals surface area contributed by atoms with Gasteiger partial charge in [-0.15, -0.1) is 0 Å². The highest BCUT2D eigenvalue weighted by Crippen LogP contribution is 2.49. The fourth-order valence-electron chi connectivity index (χ4n) is 6.89. The van der Waals surface area contributed by atoms with Crippen molar-refractivity contribution in [1.82, 2.24) is 10.2 Å².